The molecule has 1 aromatic rings. The van der Waals surface area contributed by atoms with Gasteiger partial charge in [0.05, 0.1) is 12.0 Å². The van der Waals surface area contributed by atoms with E-state index in [-0.39, 0.29) is 0 Å². The van der Waals surface area contributed by atoms with Crippen LogP contribution in [0.15, 0.2) is 12.4 Å². The van der Waals surface area contributed by atoms with Crippen LogP contribution in [0.2, 0.25) is 0 Å². The predicted molar refractivity (Wildman–Crippen MR) is 156 cm³/mol. The van der Waals surface area contributed by atoms with Crippen LogP contribution in [0.4, 0.5) is 0 Å². The number of nitrogens with one attached hydrogen (secondary N) is 1. The summed E-state index contributed by atoms with van der Waals surface area (Å²) >= 11 is 0. The highest BCUT2D eigenvalue weighted by atomic mass is 15.1. The van der Waals surface area contributed by atoms with Crippen LogP contribution in [-0.2, 0) is 0 Å². The van der Waals surface area contributed by atoms with Crippen molar-refractivity contribution in [1.82, 2.24) is 4.98 Å². The summed E-state index contributed by atoms with van der Waals surface area (Å²) in [6.07, 6.45) is 38.3. The van der Waals surface area contributed by atoms with Crippen LogP contribution in [0.5, 0.6) is 0 Å². The molecule has 0 aliphatic rings. The minimum Gasteiger partial charge on any atom is -0.247 e. The standard InChI is InChI=1S/C33H64N2/c1-5-8-11-14-16-17-18-19-21-23-26-31(4)35-30-29-34-33(35)32(27-24-20-13-10-7-3)28-25-22-15-12-9-6-2/h29-32H,5-28H2,1-4H3/p+1. The van der Waals surface area contributed by atoms with Crippen LogP contribution in [0, 0.1) is 0 Å². The smallest absolute Gasteiger partial charge is 0.247 e. The number of aromatic amines is 1. The van der Waals surface area contributed by atoms with Crippen molar-refractivity contribution >= 4 is 0 Å². The van der Waals surface area contributed by atoms with Crippen LogP contribution in [0.3, 0.4) is 0 Å². The molecular formula is C33H65N2+. The normalized spacial score (nSPS) is 13.4. The first-order chi connectivity index (χ1) is 17.2. The Morgan fingerprint density at radius 3 is 1.34 bits per heavy atom. The molecule has 2 atom stereocenters. The second-order valence-electron chi connectivity index (χ2n) is 11.5. The Labute approximate surface area is 221 Å². The molecule has 0 radical (unpaired) electrons. The molecule has 0 saturated heterocycles. The lowest BCUT2D eigenvalue weighted by Gasteiger charge is -2.17. The zero-order chi connectivity index (χ0) is 25.4. The molecule has 0 spiro atoms. The number of unbranched alkanes of at least 4 members (excludes halogenated alkanes) is 18. The van der Waals surface area contributed by atoms with Gasteiger partial charge in [0, 0.05) is 0 Å². The maximum Gasteiger partial charge on any atom is 0.257 e. The maximum absolute atomic E-state index is 3.70. The summed E-state index contributed by atoms with van der Waals surface area (Å²) in [4.78, 5) is 3.70. The van der Waals surface area contributed by atoms with Gasteiger partial charge in [0.1, 0.15) is 12.4 Å². The average molecular weight is 490 g/mol. The first kappa shape index (κ1) is 32.2. The van der Waals surface area contributed by atoms with E-state index in [9.17, 15) is 0 Å². The number of aromatic nitrogens is 2. The maximum atomic E-state index is 3.70. The molecule has 35 heavy (non-hydrogen) atoms. The third-order valence-electron chi connectivity index (χ3n) is 8.14. The van der Waals surface area contributed by atoms with Gasteiger partial charge in [-0.3, -0.25) is 0 Å². The topological polar surface area (TPSA) is 19.7 Å². The highest BCUT2D eigenvalue weighted by Gasteiger charge is 2.25. The molecule has 0 fully saturated rings. The molecule has 206 valence electrons. The molecule has 0 amide bonds. The van der Waals surface area contributed by atoms with Gasteiger partial charge in [0.2, 0.25) is 0 Å². The SMILES string of the molecule is CCCCCCCCCCCCC(C)[n+]1cc[nH]c1C(CCCCCCC)CCCCCCCC. The summed E-state index contributed by atoms with van der Waals surface area (Å²) in [5.74, 6) is 2.24. The van der Waals surface area contributed by atoms with Crippen molar-refractivity contribution in [3.05, 3.63) is 18.2 Å². The monoisotopic (exact) mass is 490 g/mol. The fourth-order valence-corrected chi connectivity index (χ4v) is 5.72. The van der Waals surface area contributed by atoms with E-state index in [1.165, 1.54) is 160 Å². The molecule has 0 saturated carbocycles. The number of hydrogen-bond donors (Lipinski definition) is 1. The van der Waals surface area contributed by atoms with Crippen molar-refractivity contribution in [3.63, 3.8) is 0 Å². The summed E-state index contributed by atoms with van der Waals surface area (Å²) in [5.41, 5.74) is 0. The number of H-pyrrole nitrogens is 1. The van der Waals surface area contributed by atoms with Crippen molar-refractivity contribution in [2.45, 2.75) is 194 Å². The molecule has 0 aromatic carbocycles. The minimum atomic E-state index is 0.623. The van der Waals surface area contributed by atoms with E-state index in [4.69, 9.17) is 0 Å². The van der Waals surface area contributed by atoms with Gasteiger partial charge in [-0.1, -0.05) is 149 Å². The molecule has 1 N–H and O–H groups in total. The van der Waals surface area contributed by atoms with E-state index in [1.807, 2.05) is 0 Å². The van der Waals surface area contributed by atoms with Crippen molar-refractivity contribution < 1.29 is 4.57 Å². The Hall–Kier alpha value is -0.790. The summed E-state index contributed by atoms with van der Waals surface area (Å²) in [5, 5.41) is 0. The zero-order valence-electron chi connectivity index (χ0n) is 24.7. The molecule has 1 heterocycles. The van der Waals surface area contributed by atoms with Gasteiger partial charge in [-0.2, -0.15) is 0 Å². The fourth-order valence-electron chi connectivity index (χ4n) is 5.72. The molecule has 1 aromatic heterocycles. The molecule has 0 aliphatic heterocycles. The number of nitrogens with zero attached hydrogens (tertiary/aromatic N) is 1. The number of rotatable bonds is 26. The average Bonchev–Trinajstić information content (AvgIpc) is 3.35. The van der Waals surface area contributed by atoms with Gasteiger partial charge >= 0.3 is 0 Å². The van der Waals surface area contributed by atoms with Gasteiger partial charge < -0.3 is 0 Å². The van der Waals surface area contributed by atoms with E-state index in [1.54, 1.807) is 0 Å². The fraction of sp³-hybridized carbons (Fsp3) is 0.909. The van der Waals surface area contributed by atoms with E-state index < -0.39 is 0 Å². The Kier molecular flexibility index (Phi) is 21.7. The lowest BCUT2D eigenvalue weighted by Crippen LogP contribution is -2.41. The molecule has 2 unspecified atom stereocenters. The summed E-state index contributed by atoms with van der Waals surface area (Å²) in [6, 6.07) is 0.623. The predicted octanol–water partition coefficient (Wildman–Crippen LogP) is 11.4. The molecule has 0 bridgehead atoms. The van der Waals surface area contributed by atoms with Crippen molar-refractivity contribution in [3.8, 4) is 0 Å². The van der Waals surface area contributed by atoms with Crippen LogP contribution >= 0.6 is 0 Å². The van der Waals surface area contributed by atoms with Crippen molar-refractivity contribution in [2.24, 2.45) is 0 Å². The second-order valence-corrected chi connectivity index (χ2v) is 11.5. The van der Waals surface area contributed by atoms with Crippen LogP contribution in [0.25, 0.3) is 0 Å². The third kappa shape index (κ3) is 16.6. The van der Waals surface area contributed by atoms with E-state index in [2.05, 4.69) is 49.6 Å². The molecule has 1 rings (SSSR count). The van der Waals surface area contributed by atoms with Crippen LogP contribution in [-0.4, -0.2) is 4.98 Å². The molecule has 2 heteroatoms. The molecular weight excluding hydrogens is 424 g/mol. The van der Waals surface area contributed by atoms with Crippen molar-refractivity contribution in [2.75, 3.05) is 0 Å². The van der Waals surface area contributed by atoms with Gasteiger partial charge in [0.15, 0.2) is 0 Å². The minimum absolute atomic E-state index is 0.623. The highest BCUT2D eigenvalue weighted by molar-refractivity contribution is 4.90. The van der Waals surface area contributed by atoms with E-state index in [0.717, 1.165) is 0 Å². The van der Waals surface area contributed by atoms with Gasteiger partial charge in [-0.05, 0) is 32.6 Å². The quantitative estimate of drug-likeness (QED) is 0.0985. The lowest BCUT2D eigenvalue weighted by molar-refractivity contribution is -0.727. The van der Waals surface area contributed by atoms with Crippen LogP contribution in [0.1, 0.15) is 200 Å². The zero-order valence-corrected chi connectivity index (χ0v) is 24.7. The number of imidazole rings is 1. The second kappa shape index (κ2) is 23.6. The third-order valence-corrected chi connectivity index (χ3v) is 8.14. The van der Waals surface area contributed by atoms with Crippen molar-refractivity contribution in [1.29, 1.82) is 0 Å². The Bertz CT molecular complexity index is 549. The Balaban J connectivity index is 2.42. The number of hydrogen-bond acceptors (Lipinski definition) is 0. The summed E-state index contributed by atoms with van der Waals surface area (Å²) in [6.45, 7) is 9.39. The largest absolute Gasteiger partial charge is 0.257 e. The van der Waals surface area contributed by atoms with E-state index in [0.29, 0.717) is 12.0 Å². The summed E-state index contributed by atoms with van der Waals surface area (Å²) < 4.78 is 2.61. The van der Waals surface area contributed by atoms with Crippen LogP contribution < -0.4 is 4.57 Å². The Morgan fingerprint density at radius 1 is 0.543 bits per heavy atom. The Morgan fingerprint density at radius 2 is 0.914 bits per heavy atom. The van der Waals surface area contributed by atoms with E-state index >= 15 is 0 Å². The highest BCUT2D eigenvalue weighted by Crippen LogP contribution is 2.27. The van der Waals surface area contributed by atoms with Gasteiger partial charge in [-0.25, -0.2) is 9.55 Å². The van der Waals surface area contributed by atoms with Gasteiger partial charge in [-0.15, -0.1) is 0 Å². The molecule has 0 aliphatic carbocycles. The molecule has 2 nitrogen and oxygen atoms in total. The lowest BCUT2D eigenvalue weighted by atomic mass is 9.93. The van der Waals surface area contributed by atoms with Gasteiger partial charge in [0.25, 0.3) is 5.82 Å². The summed E-state index contributed by atoms with van der Waals surface area (Å²) in [7, 11) is 0. The first-order valence-corrected chi connectivity index (χ1v) is 16.3. The first-order valence-electron chi connectivity index (χ1n) is 16.3.